The molecule has 2 aromatic carbocycles. The van der Waals surface area contributed by atoms with Crippen molar-refractivity contribution in [2.24, 2.45) is 0 Å². The molecule has 0 unspecified atom stereocenters. The molecule has 2 aromatic rings. The summed E-state index contributed by atoms with van der Waals surface area (Å²) in [6, 6.07) is 15.1. The van der Waals surface area contributed by atoms with Gasteiger partial charge in [-0.2, -0.15) is 0 Å². The number of benzene rings is 2. The van der Waals surface area contributed by atoms with Crippen LogP contribution in [0.2, 0.25) is 19.6 Å². The van der Waals surface area contributed by atoms with Crippen molar-refractivity contribution >= 4 is 40.3 Å². The Bertz CT molecular complexity index is 568. The fourth-order valence-electron chi connectivity index (χ4n) is 2.19. The molecule has 3 radical (unpaired) electrons. The minimum absolute atomic E-state index is 0.531. The van der Waals surface area contributed by atoms with E-state index in [1.165, 1.54) is 16.3 Å². The molecule has 0 saturated carbocycles. The number of halogens is 1. The predicted octanol–water partition coefficient (Wildman–Crippen LogP) is 3.43. The van der Waals surface area contributed by atoms with E-state index in [-0.39, 0.29) is 0 Å². The van der Waals surface area contributed by atoms with Crippen LogP contribution in [0.15, 0.2) is 42.5 Å². The first kappa shape index (κ1) is 14.6. The van der Waals surface area contributed by atoms with E-state index in [0.29, 0.717) is 5.88 Å². The van der Waals surface area contributed by atoms with Gasteiger partial charge in [0.05, 0.1) is 18.3 Å². The van der Waals surface area contributed by atoms with Gasteiger partial charge in [0, 0.05) is 5.88 Å². The Morgan fingerprint density at radius 1 is 1.00 bits per heavy atom. The normalized spacial score (nSPS) is 11.6. The molecular formula is C16H18ClSi2. The highest BCUT2D eigenvalue weighted by Gasteiger charge is 2.16. The van der Waals surface area contributed by atoms with Crippen LogP contribution in [-0.2, 0) is 5.88 Å². The molecule has 3 heteroatoms. The van der Waals surface area contributed by atoms with Crippen LogP contribution in [0.25, 0.3) is 11.1 Å². The number of hydrogen-bond donors (Lipinski definition) is 0. The third-order valence-corrected chi connectivity index (χ3v) is 6.10. The fraction of sp³-hybridized carbons (Fsp3) is 0.250. The average Bonchev–Trinajstić information content (AvgIpc) is 2.37. The first-order chi connectivity index (χ1) is 8.93. The van der Waals surface area contributed by atoms with E-state index in [9.17, 15) is 0 Å². The summed E-state index contributed by atoms with van der Waals surface area (Å²) in [5.74, 6) is 0.531. The molecule has 0 aliphatic carbocycles. The molecular weight excluding hydrogens is 284 g/mol. The van der Waals surface area contributed by atoms with E-state index >= 15 is 0 Å². The lowest BCUT2D eigenvalue weighted by molar-refractivity contribution is 1.41. The summed E-state index contributed by atoms with van der Waals surface area (Å²) in [4.78, 5) is 0. The van der Waals surface area contributed by atoms with Gasteiger partial charge >= 0.3 is 0 Å². The lowest BCUT2D eigenvalue weighted by Crippen LogP contribution is -2.37. The van der Waals surface area contributed by atoms with Crippen molar-refractivity contribution in [3.63, 3.8) is 0 Å². The van der Waals surface area contributed by atoms with Crippen LogP contribution in [0.4, 0.5) is 0 Å². The van der Waals surface area contributed by atoms with Crippen LogP contribution < -0.4 is 10.4 Å². The molecule has 0 saturated heterocycles. The molecule has 0 fully saturated rings. The van der Waals surface area contributed by atoms with E-state index < -0.39 is 8.07 Å². The maximum Gasteiger partial charge on any atom is 0.0775 e. The summed E-state index contributed by atoms with van der Waals surface area (Å²) in [5, 5.41) is 2.58. The van der Waals surface area contributed by atoms with E-state index in [0.717, 1.165) is 10.8 Å². The van der Waals surface area contributed by atoms with Gasteiger partial charge in [-0.1, -0.05) is 72.5 Å². The minimum Gasteiger partial charge on any atom is -0.122 e. The Labute approximate surface area is 125 Å². The zero-order valence-electron chi connectivity index (χ0n) is 11.6. The molecule has 0 spiro atoms. The lowest BCUT2D eigenvalue weighted by atomic mass is 10.0. The summed E-state index contributed by atoms with van der Waals surface area (Å²) < 4.78 is 0. The van der Waals surface area contributed by atoms with Crippen molar-refractivity contribution in [1.29, 1.82) is 0 Å². The first-order valence-corrected chi connectivity index (χ1v) is 11.0. The van der Waals surface area contributed by atoms with Gasteiger partial charge in [-0.25, -0.2) is 0 Å². The van der Waals surface area contributed by atoms with Crippen LogP contribution in [0, 0.1) is 0 Å². The summed E-state index contributed by atoms with van der Waals surface area (Å²) in [6.07, 6.45) is 0. The van der Waals surface area contributed by atoms with Crippen molar-refractivity contribution < 1.29 is 0 Å². The SMILES string of the molecule is C[Si](C)(C)c1ccc(-c2c([Si])cccc2CCl)cc1. The maximum absolute atomic E-state index is 6.04. The Hall–Kier alpha value is -0.836. The van der Waals surface area contributed by atoms with Gasteiger partial charge < -0.3 is 0 Å². The monoisotopic (exact) mass is 301 g/mol. The van der Waals surface area contributed by atoms with Crippen molar-refractivity contribution in [3.05, 3.63) is 48.0 Å². The van der Waals surface area contributed by atoms with E-state index in [4.69, 9.17) is 11.6 Å². The van der Waals surface area contributed by atoms with Crippen LogP contribution >= 0.6 is 11.6 Å². The second-order valence-electron chi connectivity index (χ2n) is 5.80. The van der Waals surface area contributed by atoms with E-state index in [2.05, 4.69) is 66.3 Å². The molecule has 0 nitrogen and oxygen atoms in total. The van der Waals surface area contributed by atoms with Crippen LogP contribution in [0.3, 0.4) is 0 Å². The number of alkyl halides is 1. The van der Waals surface area contributed by atoms with Gasteiger partial charge in [0.2, 0.25) is 0 Å². The summed E-state index contributed by atoms with van der Waals surface area (Å²) in [5.41, 5.74) is 3.59. The molecule has 0 heterocycles. The lowest BCUT2D eigenvalue weighted by Gasteiger charge is -2.18. The summed E-state index contributed by atoms with van der Waals surface area (Å²) >= 11 is 6.04. The third-order valence-electron chi connectivity index (χ3n) is 3.33. The van der Waals surface area contributed by atoms with E-state index in [1.54, 1.807) is 0 Å². The molecule has 19 heavy (non-hydrogen) atoms. The molecule has 0 N–H and O–H groups in total. The van der Waals surface area contributed by atoms with Gasteiger partial charge in [-0.15, -0.1) is 11.6 Å². The van der Waals surface area contributed by atoms with Crippen molar-refractivity contribution in [2.75, 3.05) is 0 Å². The second kappa shape index (κ2) is 5.65. The highest BCUT2D eigenvalue weighted by atomic mass is 35.5. The van der Waals surface area contributed by atoms with Crippen molar-refractivity contribution in [2.45, 2.75) is 25.5 Å². The molecule has 2 rings (SSSR count). The quantitative estimate of drug-likeness (QED) is 0.602. The molecule has 0 aromatic heterocycles. The van der Waals surface area contributed by atoms with Gasteiger partial charge in [-0.05, 0) is 16.7 Å². The maximum atomic E-state index is 6.04. The standard InChI is InChI=1S/C16H18ClSi2/c1-19(2,3)14-9-7-12(8-10-14)16-13(11-17)5-4-6-15(16)18/h4-10H,11H2,1-3H3. The molecule has 97 valence electrons. The molecule has 0 amide bonds. The third kappa shape index (κ3) is 3.19. The van der Waals surface area contributed by atoms with Crippen molar-refractivity contribution in [3.8, 4) is 11.1 Å². The molecule has 0 aliphatic heterocycles. The van der Waals surface area contributed by atoms with Crippen LogP contribution in [0.5, 0.6) is 0 Å². The molecule has 0 atom stereocenters. The fourth-order valence-corrected chi connectivity index (χ4v) is 3.98. The Morgan fingerprint density at radius 3 is 2.16 bits per heavy atom. The Kier molecular flexibility index (Phi) is 4.34. The van der Waals surface area contributed by atoms with Gasteiger partial charge in [0.15, 0.2) is 0 Å². The Morgan fingerprint density at radius 2 is 1.63 bits per heavy atom. The highest BCUT2D eigenvalue weighted by molar-refractivity contribution is 6.88. The van der Waals surface area contributed by atoms with E-state index in [1.807, 2.05) is 6.07 Å². The summed E-state index contributed by atoms with van der Waals surface area (Å²) in [7, 11) is 2.46. The van der Waals surface area contributed by atoms with Gasteiger partial charge in [-0.3, -0.25) is 0 Å². The smallest absolute Gasteiger partial charge is 0.0775 e. The van der Waals surface area contributed by atoms with Crippen LogP contribution in [-0.4, -0.2) is 18.3 Å². The molecule has 0 bridgehead atoms. The predicted molar refractivity (Wildman–Crippen MR) is 89.8 cm³/mol. The zero-order valence-corrected chi connectivity index (χ0v) is 14.4. The Balaban J connectivity index is 2.49. The number of hydrogen-bond acceptors (Lipinski definition) is 0. The van der Waals surface area contributed by atoms with Crippen molar-refractivity contribution in [1.82, 2.24) is 0 Å². The largest absolute Gasteiger partial charge is 0.122 e. The second-order valence-corrected chi connectivity index (χ2v) is 11.7. The van der Waals surface area contributed by atoms with Gasteiger partial charge in [0.25, 0.3) is 0 Å². The van der Waals surface area contributed by atoms with Gasteiger partial charge in [0.1, 0.15) is 0 Å². The number of rotatable bonds is 3. The minimum atomic E-state index is -1.23. The topological polar surface area (TPSA) is 0 Å². The summed E-state index contributed by atoms with van der Waals surface area (Å²) in [6.45, 7) is 7.10. The van der Waals surface area contributed by atoms with Crippen LogP contribution in [0.1, 0.15) is 5.56 Å². The average molecular weight is 302 g/mol. The molecule has 0 aliphatic rings. The first-order valence-electron chi connectivity index (χ1n) is 6.44. The zero-order chi connectivity index (χ0) is 14.0. The highest BCUT2D eigenvalue weighted by Crippen LogP contribution is 2.22.